The highest BCUT2D eigenvalue weighted by Crippen LogP contribution is 2.46. The van der Waals surface area contributed by atoms with Crippen molar-refractivity contribution in [2.24, 2.45) is 11.8 Å². The van der Waals surface area contributed by atoms with Crippen molar-refractivity contribution in [3.05, 3.63) is 28.8 Å². The van der Waals surface area contributed by atoms with Gasteiger partial charge in [-0.1, -0.05) is 19.9 Å². The molecule has 20 heavy (non-hydrogen) atoms. The quantitative estimate of drug-likeness (QED) is 0.889. The Balaban J connectivity index is 2.32. The van der Waals surface area contributed by atoms with Gasteiger partial charge in [0.15, 0.2) is 0 Å². The predicted octanol–water partition coefficient (Wildman–Crippen LogP) is 4.35. The molecule has 1 fully saturated rings. The van der Waals surface area contributed by atoms with Gasteiger partial charge < -0.3 is 9.84 Å². The first kappa shape index (κ1) is 15.4. The SMILES string of the molecule is COc1cc(C)cc(C)c1C1(O)CCC(C(C)C)CC1. The largest absolute Gasteiger partial charge is 0.496 e. The van der Waals surface area contributed by atoms with E-state index in [1.165, 1.54) is 5.56 Å². The van der Waals surface area contributed by atoms with Crippen LogP contribution in [0, 0.1) is 25.7 Å². The number of ether oxygens (including phenoxy) is 1. The summed E-state index contributed by atoms with van der Waals surface area (Å²) in [6, 6.07) is 4.18. The van der Waals surface area contributed by atoms with Gasteiger partial charge in [0.05, 0.1) is 12.7 Å². The maximum absolute atomic E-state index is 11.1. The molecule has 1 N–H and O–H groups in total. The van der Waals surface area contributed by atoms with Gasteiger partial charge in [-0.3, -0.25) is 0 Å². The van der Waals surface area contributed by atoms with E-state index in [9.17, 15) is 5.11 Å². The molecule has 0 saturated heterocycles. The van der Waals surface area contributed by atoms with Crippen LogP contribution in [0.15, 0.2) is 12.1 Å². The smallest absolute Gasteiger partial charge is 0.125 e. The highest BCUT2D eigenvalue weighted by Gasteiger charge is 2.38. The van der Waals surface area contributed by atoms with Crippen LogP contribution in [0.5, 0.6) is 5.75 Å². The molecule has 2 rings (SSSR count). The predicted molar refractivity (Wildman–Crippen MR) is 83.2 cm³/mol. The van der Waals surface area contributed by atoms with Crippen LogP contribution in [0.25, 0.3) is 0 Å². The molecule has 1 aliphatic carbocycles. The van der Waals surface area contributed by atoms with Crippen LogP contribution in [0.1, 0.15) is 56.2 Å². The van der Waals surface area contributed by atoms with E-state index < -0.39 is 5.60 Å². The van der Waals surface area contributed by atoms with Crippen molar-refractivity contribution in [1.82, 2.24) is 0 Å². The van der Waals surface area contributed by atoms with E-state index in [0.29, 0.717) is 5.92 Å². The lowest BCUT2D eigenvalue weighted by molar-refractivity contribution is -0.0221. The Morgan fingerprint density at radius 2 is 1.80 bits per heavy atom. The molecule has 112 valence electrons. The summed E-state index contributed by atoms with van der Waals surface area (Å²) in [5.41, 5.74) is 2.62. The second-order valence-electron chi connectivity index (χ2n) is 6.77. The molecule has 0 radical (unpaired) electrons. The lowest BCUT2D eigenvalue weighted by atomic mass is 9.71. The molecule has 1 aromatic rings. The summed E-state index contributed by atoms with van der Waals surface area (Å²) in [5, 5.41) is 11.1. The Morgan fingerprint density at radius 3 is 2.30 bits per heavy atom. The summed E-state index contributed by atoms with van der Waals surface area (Å²) in [7, 11) is 1.70. The summed E-state index contributed by atoms with van der Waals surface area (Å²) in [6.07, 6.45) is 3.89. The van der Waals surface area contributed by atoms with Crippen molar-refractivity contribution < 1.29 is 9.84 Å². The van der Waals surface area contributed by atoms with Gasteiger partial charge in [-0.25, -0.2) is 0 Å². The third kappa shape index (κ3) is 2.85. The molecule has 1 saturated carbocycles. The normalized spacial score (nSPS) is 26.9. The number of rotatable bonds is 3. The molecule has 0 heterocycles. The zero-order valence-corrected chi connectivity index (χ0v) is 13.5. The maximum atomic E-state index is 11.1. The molecule has 0 aliphatic heterocycles. The molecule has 0 unspecified atom stereocenters. The van der Waals surface area contributed by atoms with Gasteiger partial charge in [-0.2, -0.15) is 0 Å². The average Bonchev–Trinajstić information content (AvgIpc) is 2.37. The zero-order chi connectivity index (χ0) is 14.9. The number of aliphatic hydroxyl groups is 1. The van der Waals surface area contributed by atoms with Gasteiger partial charge in [-0.15, -0.1) is 0 Å². The minimum Gasteiger partial charge on any atom is -0.496 e. The molecule has 2 nitrogen and oxygen atoms in total. The van der Waals surface area contributed by atoms with E-state index in [4.69, 9.17) is 4.74 Å². The summed E-state index contributed by atoms with van der Waals surface area (Å²) in [6.45, 7) is 8.72. The summed E-state index contributed by atoms with van der Waals surface area (Å²) < 4.78 is 5.54. The molecular formula is C18H28O2. The Labute approximate surface area is 123 Å². The second kappa shape index (κ2) is 5.77. The lowest BCUT2D eigenvalue weighted by Crippen LogP contribution is -2.34. The summed E-state index contributed by atoms with van der Waals surface area (Å²) >= 11 is 0. The van der Waals surface area contributed by atoms with Gasteiger partial charge in [0.1, 0.15) is 5.75 Å². The third-order valence-corrected chi connectivity index (χ3v) is 4.93. The van der Waals surface area contributed by atoms with Gasteiger partial charge in [0, 0.05) is 5.56 Å². The van der Waals surface area contributed by atoms with E-state index in [1.807, 2.05) is 6.07 Å². The first-order chi connectivity index (χ1) is 9.37. The van der Waals surface area contributed by atoms with Crippen molar-refractivity contribution in [3.8, 4) is 5.75 Å². The van der Waals surface area contributed by atoms with E-state index in [-0.39, 0.29) is 0 Å². The average molecular weight is 276 g/mol. The van der Waals surface area contributed by atoms with Crippen LogP contribution >= 0.6 is 0 Å². The van der Waals surface area contributed by atoms with Crippen LogP contribution in [-0.2, 0) is 5.60 Å². The van der Waals surface area contributed by atoms with Crippen molar-refractivity contribution in [2.45, 2.75) is 59.0 Å². The van der Waals surface area contributed by atoms with Crippen LogP contribution in [0.3, 0.4) is 0 Å². The summed E-state index contributed by atoms with van der Waals surface area (Å²) in [4.78, 5) is 0. The Kier molecular flexibility index (Phi) is 4.43. The van der Waals surface area contributed by atoms with Crippen molar-refractivity contribution in [2.75, 3.05) is 7.11 Å². The first-order valence-corrected chi connectivity index (χ1v) is 7.75. The van der Waals surface area contributed by atoms with E-state index in [2.05, 4.69) is 33.8 Å². The fraction of sp³-hybridized carbons (Fsp3) is 0.667. The Bertz CT molecular complexity index is 469. The minimum atomic E-state index is -0.714. The van der Waals surface area contributed by atoms with E-state index >= 15 is 0 Å². The lowest BCUT2D eigenvalue weighted by Gasteiger charge is -2.39. The van der Waals surface area contributed by atoms with Crippen molar-refractivity contribution >= 4 is 0 Å². The maximum Gasteiger partial charge on any atom is 0.125 e. The van der Waals surface area contributed by atoms with E-state index in [0.717, 1.165) is 48.5 Å². The molecule has 0 spiro atoms. The molecule has 0 bridgehead atoms. The molecule has 0 amide bonds. The Hall–Kier alpha value is -1.02. The minimum absolute atomic E-state index is 0.709. The fourth-order valence-corrected chi connectivity index (χ4v) is 3.72. The molecule has 1 aromatic carbocycles. The van der Waals surface area contributed by atoms with Crippen LogP contribution in [0.4, 0.5) is 0 Å². The second-order valence-corrected chi connectivity index (χ2v) is 6.77. The number of hydrogen-bond acceptors (Lipinski definition) is 2. The number of hydrogen-bond donors (Lipinski definition) is 1. The number of benzene rings is 1. The molecule has 1 aliphatic rings. The molecular weight excluding hydrogens is 248 g/mol. The van der Waals surface area contributed by atoms with Gasteiger partial charge >= 0.3 is 0 Å². The van der Waals surface area contributed by atoms with Crippen molar-refractivity contribution in [3.63, 3.8) is 0 Å². The monoisotopic (exact) mass is 276 g/mol. The van der Waals surface area contributed by atoms with Gasteiger partial charge in [-0.05, 0) is 68.6 Å². The number of aryl methyl sites for hydroxylation is 2. The highest BCUT2D eigenvalue weighted by molar-refractivity contribution is 5.46. The fourth-order valence-electron chi connectivity index (χ4n) is 3.72. The Morgan fingerprint density at radius 1 is 1.20 bits per heavy atom. The zero-order valence-electron chi connectivity index (χ0n) is 13.5. The molecule has 0 aromatic heterocycles. The molecule has 0 atom stereocenters. The molecule has 2 heteroatoms. The van der Waals surface area contributed by atoms with Gasteiger partial charge in [0.25, 0.3) is 0 Å². The highest BCUT2D eigenvalue weighted by atomic mass is 16.5. The van der Waals surface area contributed by atoms with Crippen LogP contribution in [-0.4, -0.2) is 12.2 Å². The van der Waals surface area contributed by atoms with Crippen molar-refractivity contribution in [1.29, 1.82) is 0 Å². The topological polar surface area (TPSA) is 29.5 Å². The van der Waals surface area contributed by atoms with Crippen LogP contribution in [0.2, 0.25) is 0 Å². The number of methoxy groups -OCH3 is 1. The first-order valence-electron chi connectivity index (χ1n) is 7.75. The third-order valence-electron chi connectivity index (χ3n) is 4.93. The summed E-state index contributed by atoms with van der Waals surface area (Å²) in [5.74, 6) is 2.29. The van der Waals surface area contributed by atoms with Gasteiger partial charge in [0.2, 0.25) is 0 Å². The standard InChI is InChI=1S/C18H28O2/c1-12(2)15-6-8-18(19,9-7-15)17-14(4)10-13(3)11-16(17)20-5/h10-12,15,19H,6-9H2,1-5H3. The van der Waals surface area contributed by atoms with E-state index in [1.54, 1.807) is 7.11 Å². The van der Waals surface area contributed by atoms with Crippen LogP contribution < -0.4 is 4.74 Å².